The number of likely N-dealkylation sites (N-methyl/N-ethyl adjacent to an activating group) is 1. The highest BCUT2D eigenvalue weighted by atomic mass is 35.5. The Hall–Kier alpha value is -1.83. The maximum absolute atomic E-state index is 2.50. The molecule has 3 aromatic carbocycles. The first-order valence-electron chi connectivity index (χ1n) is 9.24. The van der Waals surface area contributed by atoms with Crippen LogP contribution in [0.3, 0.4) is 0 Å². The highest BCUT2D eigenvalue weighted by molar-refractivity contribution is 5.91. The van der Waals surface area contributed by atoms with E-state index < -0.39 is 0 Å². The molecule has 1 aliphatic carbocycles. The first-order chi connectivity index (χ1) is 11.9. The lowest BCUT2D eigenvalue weighted by atomic mass is 9.86. The largest absolute Gasteiger partial charge is 0.295 e. The Balaban J connectivity index is 0.00000196. The van der Waals surface area contributed by atoms with Crippen LogP contribution in [-0.4, -0.2) is 11.9 Å². The molecule has 0 aromatic heterocycles. The molecule has 1 unspecified atom stereocenters. The van der Waals surface area contributed by atoms with Crippen molar-refractivity contribution < 1.29 is 0 Å². The van der Waals surface area contributed by atoms with Gasteiger partial charge in [0.05, 0.1) is 0 Å². The molecule has 26 heavy (non-hydrogen) atoms. The zero-order chi connectivity index (χ0) is 17.6. The molecule has 1 aliphatic rings. The van der Waals surface area contributed by atoms with Crippen LogP contribution in [0.25, 0.3) is 10.8 Å². The molecule has 0 heterocycles. The second-order valence-electron chi connectivity index (χ2n) is 8.44. The summed E-state index contributed by atoms with van der Waals surface area (Å²) in [4.78, 5) is 2.50. The molecule has 136 valence electrons. The summed E-state index contributed by atoms with van der Waals surface area (Å²) in [5.41, 5.74) is 5.98. The van der Waals surface area contributed by atoms with Gasteiger partial charge in [0.25, 0.3) is 0 Å². The van der Waals surface area contributed by atoms with Crippen LogP contribution in [0, 0.1) is 0 Å². The predicted molar refractivity (Wildman–Crippen MR) is 114 cm³/mol. The summed E-state index contributed by atoms with van der Waals surface area (Å²) in [5.74, 6) is 0. The predicted octanol–water partition coefficient (Wildman–Crippen LogP) is 6.29. The molecular weight excluding hydrogens is 338 g/mol. The van der Waals surface area contributed by atoms with Gasteiger partial charge in [-0.2, -0.15) is 0 Å². The summed E-state index contributed by atoms with van der Waals surface area (Å²) in [6.07, 6.45) is 1.12. The van der Waals surface area contributed by atoms with E-state index in [4.69, 9.17) is 0 Å². The van der Waals surface area contributed by atoms with E-state index >= 15 is 0 Å². The lowest BCUT2D eigenvalue weighted by Gasteiger charge is -2.26. The van der Waals surface area contributed by atoms with Gasteiger partial charge in [-0.05, 0) is 51.9 Å². The van der Waals surface area contributed by atoms with Gasteiger partial charge in [-0.25, -0.2) is 0 Å². The molecule has 0 amide bonds. The molecule has 4 rings (SSSR count). The minimum absolute atomic E-state index is 0. The Kier molecular flexibility index (Phi) is 5.14. The van der Waals surface area contributed by atoms with Gasteiger partial charge in [0, 0.05) is 12.6 Å². The fourth-order valence-electron chi connectivity index (χ4n) is 4.12. The lowest BCUT2D eigenvalue weighted by Crippen LogP contribution is -2.24. The highest BCUT2D eigenvalue weighted by Gasteiger charge is 2.27. The van der Waals surface area contributed by atoms with E-state index in [1.807, 2.05) is 0 Å². The third-order valence-corrected chi connectivity index (χ3v) is 5.58. The summed E-state index contributed by atoms with van der Waals surface area (Å²) in [6.45, 7) is 7.79. The Morgan fingerprint density at radius 3 is 2.23 bits per heavy atom. The molecule has 0 N–H and O–H groups in total. The van der Waals surface area contributed by atoms with Crippen molar-refractivity contribution in [2.24, 2.45) is 0 Å². The smallest absolute Gasteiger partial charge is 0.0395 e. The Morgan fingerprint density at radius 2 is 1.58 bits per heavy atom. The number of benzene rings is 3. The van der Waals surface area contributed by atoms with Gasteiger partial charge in [0.1, 0.15) is 0 Å². The van der Waals surface area contributed by atoms with Gasteiger partial charge < -0.3 is 0 Å². The van der Waals surface area contributed by atoms with Gasteiger partial charge in [-0.15, -0.1) is 12.4 Å². The molecule has 1 atom stereocenters. The first kappa shape index (κ1) is 18.9. The van der Waals surface area contributed by atoms with Crippen molar-refractivity contribution in [3.05, 3.63) is 82.9 Å². The molecule has 0 aliphatic heterocycles. The number of hydrogen-bond donors (Lipinski definition) is 0. The van der Waals surface area contributed by atoms with Gasteiger partial charge in [-0.1, -0.05) is 81.4 Å². The van der Waals surface area contributed by atoms with Crippen LogP contribution in [0.5, 0.6) is 0 Å². The van der Waals surface area contributed by atoms with Crippen LogP contribution in [0.15, 0.2) is 60.7 Å². The maximum Gasteiger partial charge on any atom is 0.0395 e. The molecule has 1 nitrogen and oxygen atoms in total. The van der Waals surface area contributed by atoms with Crippen LogP contribution in [-0.2, 0) is 18.4 Å². The van der Waals surface area contributed by atoms with Crippen molar-refractivity contribution in [3.8, 4) is 0 Å². The van der Waals surface area contributed by atoms with Gasteiger partial charge in [0.15, 0.2) is 0 Å². The average molecular weight is 366 g/mol. The van der Waals surface area contributed by atoms with Crippen LogP contribution < -0.4 is 0 Å². The van der Waals surface area contributed by atoms with E-state index in [1.165, 1.54) is 33.0 Å². The van der Waals surface area contributed by atoms with Crippen molar-refractivity contribution in [1.82, 2.24) is 4.90 Å². The standard InChI is InChI=1S/C24H27N.ClH/c1-24(2,3)20-13-11-17(12-14-20)16-25(4)22-15-19-9-5-7-18-8-6-10-21(22)23(18)19;/h5-14,22H,15-16H2,1-4H3;1H. The minimum Gasteiger partial charge on any atom is -0.295 e. The van der Waals surface area contributed by atoms with Crippen LogP contribution in [0.4, 0.5) is 0 Å². The van der Waals surface area contributed by atoms with Crippen LogP contribution in [0.2, 0.25) is 0 Å². The maximum atomic E-state index is 2.50. The van der Waals surface area contributed by atoms with Gasteiger partial charge in [0.2, 0.25) is 0 Å². The minimum atomic E-state index is 0. The second kappa shape index (κ2) is 7.06. The Morgan fingerprint density at radius 1 is 0.923 bits per heavy atom. The molecule has 0 spiro atoms. The summed E-state index contributed by atoms with van der Waals surface area (Å²) >= 11 is 0. The van der Waals surface area contributed by atoms with Crippen LogP contribution in [0.1, 0.15) is 49.1 Å². The summed E-state index contributed by atoms with van der Waals surface area (Å²) < 4.78 is 0. The zero-order valence-corrected chi connectivity index (χ0v) is 16.9. The van der Waals surface area contributed by atoms with E-state index in [2.05, 4.69) is 93.4 Å². The Bertz CT molecular complexity index is 900. The third kappa shape index (κ3) is 3.39. The summed E-state index contributed by atoms with van der Waals surface area (Å²) in [7, 11) is 2.26. The van der Waals surface area contributed by atoms with E-state index in [0.717, 1.165) is 13.0 Å². The molecule has 3 aromatic rings. The van der Waals surface area contributed by atoms with Crippen molar-refractivity contribution in [3.63, 3.8) is 0 Å². The number of nitrogens with zero attached hydrogens (tertiary/aromatic N) is 1. The number of halogens is 1. The molecule has 0 bridgehead atoms. The fraction of sp³-hybridized carbons (Fsp3) is 0.333. The van der Waals surface area contributed by atoms with E-state index in [9.17, 15) is 0 Å². The monoisotopic (exact) mass is 365 g/mol. The fourth-order valence-corrected chi connectivity index (χ4v) is 4.12. The normalized spacial score (nSPS) is 16.1. The SMILES string of the molecule is CN(Cc1ccc(C(C)(C)C)cc1)C1Cc2cccc3cccc1c23.Cl. The first-order valence-corrected chi connectivity index (χ1v) is 9.24. The lowest BCUT2D eigenvalue weighted by molar-refractivity contribution is 0.241. The van der Waals surface area contributed by atoms with Crippen molar-refractivity contribution in [2.45, 2.75) is 45.2 Å². The zero-order valence-electron chi connectivity index (χ0n) is 16.1. The molecule has 0 saturated carbocycles. The van der Waals surface area contributed by atoms with Crippen molar-refractivity contribution in [1.29, 1.82) is 0 Å². The summed E-state index contributed by atoms with van der Waals surface area (Å²) in [5, 5.41) is 2.85. The van der Waals surface area contributed by atoms with Crippen molar-refractivity contribution >= 4 is 23.2 Å². The van der Waals surface area contributed by atoms with E-state index in [1.54, 1.807) is 0 Å². The molecule has 2 heteroatoms. The molecular formula is C24H28ClN. The Labute approximate surface area is 163 Å². The number of rotatable bonds is 3. The van der Waals surface area contributed by atoms with Crippen LogP contribution >= 0.6 is 12.4 Å². The van der Waals surface area contributed by atoms with E-state index in [0.29, 0.717) is 6.04 Å². The molecule has 0 fully saturated rings. The highest BCUT2D eigenvalue weighted by Crippen LogP contribution is 2.40. The van der Waals surface area contributed by atoms with Gasteiger partial charge >= 0.3 is 0 Å². The topological polar surface area (TPSA) is 3.24 Å². The second-order valence-corrected chi connectivity index (χ2v) is 8.44. The average Bonchev–Trinajstić information content (AvgIpc) is 2.96. The third-order valence-electron chi connectivity index (χ3n) is 5.58. The summed E-state index contributed by atoms with van der Waals surface area (Å²) in [6, 6.07) is 23.1. The number of hydrogen-bond acceptors (Lipinski definition) is 1. The molecule has 0 radical (unpaired) electrons. The molecule has 0 saturated heterocycles. The van der Waals surface area contributed by atoms with Crippen molar-refractivity contribution in [2.75, 3.05) is 7.05 Å². The van der Waals surface area contributed by atoms with E-state index in [-0.39, 0.29) is 17.8 Å². The quantitative estimate of drug-likeness (QED) is 0.527. The van der Waals surface area contributed by atoms with Gasteiger partial charge in [-0.3, -0.25) is 4.90 Å².